The molecule has 114 valence electrons. The van der Waals surface area contributed by atoms with Gasteiger partial charge in [-0.05, 0) is 17.7 Å². The molecule has 0 aliphatic heterocycles. The van der Waals surface area contributed by atoms with Crippen molar-refractivity contribution < 1.29 is 23.7 Å². The first kappa shape index (κ1) is 16.8. The maximum atomic E-state index is 10.9. The van der Waals surface area contributed by atoms with Crippen LogP contribution in [0.15, 0.2) is 49.8 Å². The molecule has 5 nitrogen and oxygen atoms in total. The summed E-state index contributed by atoms with van der Waals surface area (Å²) in [5.41, 5.74) is 0.885. The van der Waals surface area contributed by atoms with Gasteiger partial charge in [0.1, 0.15) is 25.6 Å². The fourth-order valence-corrected chi connectivity index (χ4v) is 1.41. The smallest absolute Gasteiger partial charge is 0.330 e. The van der Waals surface area contributed by atoms with Gasteiger partial charge >= 0.3 is 5.97 Å². The van der Waals surface area contributed by atoms with Gasteiger partial charge in [0, 0.05) is 6.08 Å². The molecule has 5 heteroatoms. The Morgan fingerprint density at radius 1 is 1.05 bits per heavy atom. The molecule has 0 saturated heterocycles. The summed E-state index contributed by atoms with van der Waals surface area (Å²) in [4.78, 5) is 10.9. The maximum Gasteiger partial charge on any atom is 0.330 e. The molecule has 0 radical (unpaired) electrons. The van der Waals surface area contributed by atoms with Crippen LogP contribution in [0.4, 0.5) is 0 Å². The Labute approximate surface area is 124 Å². The van der Waals surface area contributed by atoms with Gasteiger partial charge < -0.3 is 18.9 Å². The molecule has 0 spiro atoms. The topological polar surface area (TPSA) is 54.0 Å². The van der Waals surface area contributed by atoms with Gasteiger partial charge in [0.05, 0.1) is 19.5 Å². The number of rotatable bonds is 11. The highest BCUT2D eigenvalue weighted by atomic mass is 16.5. The minimum absolute atomic E-state index is 0.220. The van der Waals surface area contributed by atoms with Gasteiger partial charge in [-0.25, -0.2) is 4.79 Å². The molecule has 1 aromatic carbocycles. The van der Waals surface area contributed by atoms with Crippen molar-refractivity contribution in [1.82, 2.24) is 0 Å². The largest absolute Gasteiger partial charge is 0.499 e. The minimum Gasteiger partial charge on any atom is -0.499 e. The van der Waals surface area contributed by atoms with Crippen molar-refractivity contribution in [1.29, 1.82) is 0 Å². The Bertz CT molecular complexity index is 438. The fraction of sp³-hybridized carbons (Fsp3) is 0.312. The Hall–Kier alpha value is -2.27. The highest BCUT2D eigenvalue weighted by Crippen LogP contribution is 2.12. The van der Waals surface area contributed by atoms with Crippen LogP contribution in [0.3, 0.4) is 0 Å². The Morgan fingerprint density at radius 2 is 1.76 bits per heavy atom. The van der Waals surface area contributed by atoms with Gasteiger partial charge in [-0.2, -0.15) is 0 Å². The molecule has 0 amide bonds. The van der Waals surface area contributed by atoms with Gasteiger partial charge in [0.15, 0.2) is 0 Å². The lowest BCUT2D eigenvalue weighted by molar-refractivity contribution is -0.138. The van der Waals surface area contributed by atoms with Gasteiger partial charge in [0.25, 0.3) is 0 Å². The summed E-state index contributed by atoms with van der Waals surface area (Å²) in [7, 11) is 0. The average molecular weight is 292 g/mol. The van der Waals surface area contributed by atoms with E-state index in [0.29, 0.717) is 26.4 Å². The predicted molar refractivity (Wildman–Crippen MR) is 78.9 cm³/mol. The second-order valence-electron chi connectivity index (χ2n) is 3.95. The molecule has 0 N–H and O–H groups in total. The number of carbonyl (C=O) groups excluding carboxylic acids is 1. The monoisotopic (exact) mass is 292 g/mol. The van der Waals surface area contributed by atoms with Crippen LogP contribution in [0.2, 0.25) is 0 Å². The van der Waals surface area contributed by atoms with Gasteiger partial charge in [-0.3, -0.25) is 0 Å². The second-order valence-corrected chi connectivity index (χ2v) is 3.95. The summed E-state index contributed by atoms with van der Waals surface area (Å²) in [5.74, 6) is 0.299. The van der Waals surface area contributed by atoms with E-state index in [4.69, 9.17) is 18.9 Å². The van der Waals surface area contributed by atoms with Crippen molar-refractivity contribution in [2.75, 3.05) is 26.4 Å². The number of carbonyl (C=O) groups is 1. The van der Waals surface area contributed by atoms with E-state index in [1.165, 1.54) is 6.26 Å². The standard InChI is InChI=1S/C16H20O5/c1-3-16(17)21-13-14-5-7-15(8-6-14)20-12-11-19-10-9-18-4-2/h3-8H,1-2,9-13H2. The molecule has 0 aliphatic rings. The number of ether oxygens (including phenoxy) is 4. The fourth-order valence-electron chi connectivity index (χ4n) is 1.41. The maximum absolute atomic E-state index is 10.9. The molecule has 1 aromatic rings. The van der Waals surface area contributed by atoms with Crippen LogP contribution in [0.25, 0.3) is 0 Å². The van der Waals surface area contributed by atoms with Crippen LogP contribution < -0.4 is 4.74 Å². The third kappa shape index (κ3) is 7.79. The summed E-state index contributed by atoms with van der Waals surface area (Å²) in [6.45, 7) is 8.92. The summed E-state index contributed by atoms with van der Waals surface area (Å²) < 4.78 is 20.6. The molecular formula is C16H20O5. The lowest BCUT2D eigenvalue weighted by atomic mass is 10.2. The van der Waals surface area contributed by atoms with E-state index in [0.717, 1.165) is 17.4 Å². The van der Waals surface area contributed by atoms with E-state index in [-0.39, 0.29) is 6.61 Å². The SMILES string of the molecule is C=COCCOCCOc1ccc(COC(=O)C=C)cc1. The molecule has 21 heavy (non-hydrogen) atoms. The van der Waals surface area contributed by atoms with Crippen LogP contribution >= 0.6 is 0 Å². The van der Waals surface area contributed by atoms with E-state index in [1.807, 2.05) is 24.3 Å². The zero-order valence-electron chi connectivity index (χ0n) is 12.0. The van der Waals surface area contributed by atoms with E-state index < -0.39 is 5.97 Å². The molecule has 0 saturated carbocycles. The highest BCUT2D eigenvalue weighted by Gasteiger charge is 1.99. The molecule has 0 fully saturated rings. The zero-order valence-corrected chi connectivity index (χ0v) is 12.0. The summed E-state index contributed by atoms with van der Waals surface area (Å²) >= 11 is 0. The summed E-state index contributed by atoms with van der Waals surface area (Å²) in [5, 5.41) is 0. The zero-order chi connectivity index (χ0) is 15.3. The lowest BCUT2D eigenvalue weighted by Gasteiger charge is -2.08. The Morgan fingerprint density at radius 3 is 2.43 bits per heavy atom. The lowest BCUT2D eigenvalue weighted by Crippen LogP contribution is -2.09. The second kappa shape index (κ2) is 10.5. The van der Waals surface area contributed by atoms with Crippen molar-refractivity contribution in [2.45, 2.75) is 6.61 Å². The van der Waals surface area contributed by atoms with Crippen molar-refractivity contribution in [3.63, 3.8) is 0 Å². The molecule has 0 aromatic heterocycles. The third-order valence-electron chi connectivity index (χ3n) is 2.43. The van der Waals surface area contributed by atoms with Crippen LogP contribution in [0, 0.1) is 0 Å². The predicted octanol–water partition coefficient (Wildman–Crippen LogP) is 2.47. The molecular weight excluding hydrogens is 272 g/mol. The first-order chi connectivity index (χ1) is 10.3. The van der Waals surface area contributed by atoms with Crippen molar-refractivity contribution in [3.8, 4) is 5.75 Å². The number of esters is 1. The van der Waals surface area contributed by atoms with Crippen molar-refractivity contribution in [2.24, 2.45) is 0 Å². The summed E-state index contributed by atoms with van der Waals surface area (Å²) in [6, 6.07) is 7.31. The quantitative estimate of drug-likeness (QED) is 0.271. The Balaban J connectivity index is 2.17. The molecule has 0 heterocycles. The van der Waals surface area contributed by atoms with Crippen LogP contribution in [0.5, 0.6) is 5.75 Å². The van der Waals surface area contributed by atoms with Gasteiger partial charge in [0.2, 0.25) is 0 Å². The first-order valence-corrected chi connectivity index (χ1v) is 6.57. The van der Waals surface area contributed by atoms with E-state index in [1.54, 1.807) is 0 Å². The molecule has 0 atom stereocenters. The molecule has 0 bridgehead atoms. The van der Waals surface area contributed by atoms with Crippen molar-refractivity contribution in [3.05, 3.63) is 55.3 Å². The normalized spacial score (nSPS) is 9.71. The van der Waals surface area contributed by atoms with Gasteiger partial charge in [-0.15, -0.1) is 0 Å². The average Bonchev–Trinajstić information content (AvgIpc) is 2.52. The molecule has 0 aliphatic carbocycles. The highest BCUT2D eigenvalue weighted by molar-refractivity contribution is 5.81. The third-order valence-corrected chi connectivity index (χ3v) is 2.43. The minimum atomic E-state index is -0.437. The van der Waals surface area contributed by atoms with Crippen LogP contribution in [-0.4, -0.2) is 32.4 Å². The Kier molecular flexibility index (Phi) is 8.40. The van der Waals surface area contributed by atoms with Crippen molar-refractivity contribution >= 4 is 5.97 Å². The van der Waals surface area contributed by atoms with Crippen LogP contribution in [-0.2, 0) is 25.6 Å². The molecule has 0 unspecified atom stereocenters. The summed E-state index contributed by atoms with van der Waals surface area (Å²) in [6.07, 6.45) is 2.52. The van der Waals surface area contributed by atoms with Gasteiger partial charge in [-0.1, -0.05) is 25.3 Å². The first-order valence-electron chi connectivity index (χ1n) is 6.57. The number of hydrogen-bond acceptors (Lipinski definition) is 5. The van der Waals surface area contributed by atoms with Crippen LogP contribution in [0.1, 0.15) is 5.56 Å². The molecule has 1 rings (SSSR count). The van der Waals surface area contributed by atoms with E-state index >= 15 is 0 Å². The number of benzene rings is 1. The van der Waals surface area contributed by atoms with E-state index in [2.05, 4.69) is 13.2 Å². The van der Waals surface area contributed by atoms with E-state index in [9.17, 15) is 4.79 Å². The number of hydrogen-bond donors (Lipinski definition) is 0.